The highest BCUT2D eigenvalue weighted by Crippen LogP contribution is 2.27. The highest BCUT2D eigenvalue weighted by atomic mass is 16.4. The maximum Gasteiger partial charge on any atom is 0.335 e. The first-order chi connectivity index (χ1) is 7.25. The molecule has 0 radical (unpaired) electrons. The van der Waals surface area contributed by atoms with Crippen LogP contribution in [-0.2, 0) is 6.54 Å². The van der Waals surface area contributed by atoms with Crippen LogP contribution in [0.4, 0.5) is 0 Å². The number of rotatable bonds is 5. The number of carboxylic acid groups (broad SMARTS) is 1. The zero-order valence-corrected chi connectivity index (χ0v) is 8.57. The molecule has 0 heterocycles. The number of hydrogen-bond donors (Lipinski definition) is 2. The number of carboxylic acids is 1. The molecule has 0 spiro atoms. The van der Waals surface area contributed by atoms with Crippen LogP contribution in [0.1, 0.15) is 28.8 Å². The topological polar surface area (TPSA) is 49.3 Å². The molecule has 1 aliphatic rings. The second kappa shape index (κ2) is 4.45. The van der Waals surface area contributed by atoms with Gasteiger partial charge in [-0.15, -0.1) is 0 Å². The molecule has 1 aromatic carbocycles. The third kappa shape index (κ3) is 3.06. The minimum Gasteiger partial charge on any atom is -0.478 e. The van der Waals surface area contributed by atoms with Gasteiger partial charge in [-0.1, -0.05) is 12.1 Å². The molecular formula is C12H15NO2. The second-order valence-corrected chi connectivity index (χ2v) is 4.08. The van der Waals surface area contributed by atoms with Gasteiger partial charge in [0.05, 0.1) is 5.56 Å². The Morgan fingerprint density at radius 3 is 2.93 bits per heavy atom. The fraction of sp³-hybridized carbons (Fsp3) is 0.417. The number of carbonyl (C=O) groups is 1. The molecule has 1 saturated carbocycles. The fourth-order valence-corrected chi connectivity index (χ4v) is 1.56. The Morgan fingerprint density at radius 1 is 1.47 bits per heavy atom. The number of benzene rings is 1. The summed E-state index contributed by atoms with van der Waals surface area (Å²) in [5.74, 6) is -0.00769. The predicted octanol–water partition coefficient (Wildman–Crippen LogP) is 1.88. The molecule has 0 aliphatic heterocycles. The first-order valence-electron chi connectivity index (χ1n) is 5.28. The molecule has 0 saturated heterocycles. The summed E-state index contributed by atoms with van der Waals surface area (Å²) in [6.07, 6.45) is 2.67. The van der Waals surface area contributed by atoms with Gasteiger partial charge in [0, 0.05) is 6.54 Å². The van der Waals surface area contributed by atoms with Gasteiger partial charge in [-0.25, -0.2) is 4.79 Å². The van der Waals surface area contributed by atoms with Crippen LogP contribution in [0.25, 0.3) is 0 Å². The van der Waals surface area contributed by atoms with E-state index in [2.05, 4.69) is 5.32 Å². The molecule has 1 fully saturated rings. The van der Waals surface area contributed by atoms with Crippen molar-refractivity contribution in [2.24, 2.45) is 5.92 Å². The highest BCUT2D eigenvalue weighted by molar-refractivity contribution is 5.87. The predicted molar refractivity (Wildman–Crippen MR) is 57.8 cm³/mol. The van der Waals surface area contributed by atoms with Crippen molar-refractivity contribution < 1.29 is 9.90 Å². The van der Waals surface area contributed by atoms with Gasteiger partial charge in [0.2, 0.25) is 0 Å². The van der Waals surface area contributed by atoms with Crippen LogP contribution in [0.3, 0.4) is 0 Å². The summed E-state index contributed by atoms with van der Waals surface area (Å²) < 4.78 is 0. The van der Waals surface area contributed by atoms with E-state index in [-0.39, 0.29) is 0 Å². The lowest BCUT2D eigenvalue weighted by Crippen LogP contribution is -2.16. The summed E-state index contributed by atoms with van der Waals surface area (Å²) in [7, 11) is 0. The normalized spacial score (nSPS) is 15.2. The highest BCUT2D eigenvalue weighted by Gasteiger charge is 2.20. The monoisotopic (exact) mass is 205 g/mol. The minimum atomic E-state index is -0.862. The van der Waals surface area contributed by atoms with Gasteiger partial charge in [0.15, 0.2) is 0 Å². The molecular weight excluding hydrogens is 190 g/mol. The lowest BCUT2D eigenvalue weighted by molar-refractivity contribution is 0.0697. The smallest absolute Gasteiger partial charge is 0.335 e. The maximum atomic E-state index is 10.7. The van der Waals surface area contributed by atoms with Crippen molar-refractivity contribution in [3.8, 4) is 0 Å². The van der Waals surface area contributed by atoms with E-state index in [1.165, 1.54) is 12.8 Å². The van der Waals surface area contributed by atoms with Crippen molar-refractivity contribution in [1.82, 2.24) is 5.32 Å². The van der Waals surface area contributed by atoms with Crippen molar-refractivity contribution in [2.75, 3.05) is 6.54 Å². The van der Waals surface area contributed by atoms with Crippen molar-refractivity contribution >= 4 is 5.97 Å². The minimum absolute atomic E-state index is 0.362. The lowest BCUT2D eigenvalue weighted by Gasteiger charge is -2.04. The van der Waals surface area contributed by atoms with E-state index < -0.39 is 5.97 Å². The Labute approximate surface area is 89.1 Å². The standard InChI is InChI=1S/C12H15NO2/c14-12(15)11-3-1-2-10(6-11)8-13-7-9-4-5-9/h1-3,6,9,13H,4-5,7-8H2,(H,14,15). The third-order valence-electron chi connectivity index (χ3n) is 2.63. The third-order valence-corrected chi connectivity index (χ3v) is 2.63. The SMILES string of the molecule is O=C(O)c1cccc(CNCC2CC2)c1. The number of nitrogens with one attached hydrogen (secondary N) is 1. The molecule has 0 unspecified atom stereocenters. The van der Waals surface area contributed by atoms with E-state index in [1.54, 1.807) is 18.2 Å². The van der Waals surface area contributed by atoms with Crippen LogP contribution >= 0.6 is 0 Å². The van der Waals surface area contributed by atoms with Gasteiger partial charge in [0.1, 0.15) is 0 Å². The van der Waals surface area contributed by atoms with Crippen LogP contribution in [0.5, 0.6) is 0 Å². The quantitative estimate of drug-likeness (QED) is 0.771. The average Bonchev–Trinajstić information content (AvgIpc) is 3.02. The fourth-order valence-electron chi connectivity index (χ4n) is 1.56. The van der Waals surface area contributed by atoms with Crippen molar-refractivity contribution in [3.63, 3.8) is 0 Å². The summed E-state index contributed by atoms with van der Waals surface area (Å²) in [5.41, 5.74) is 1.40. The van der Waals surface area contributed by atoms with E-state index in [0.717, 1.165) is 24.6 Å². The molecule has 0 atom stereocenters. The van der Waals surface area contributed by atoms with E-state index in [0.29, 0.717) is 5.56 Å². The molecule has 2 N–H and O–H groups in total. The summed E-state index contributed by atoms with van der Waals surface area (Å²) in [6, 6.07) is 7.08. The largest absolute Gasteiger partial charge is 0.478 e. The molecule has 1 aliphatic carbocycles. The zero-order valence-electron chi connectivity index (χ0n) is 8.57. The van der Waals surface area contributed by atoms with Gasteiger partial charge in [-0.3, -0.25) is 0 Å². The average molecular weight is 205 g/mol. The first-order valence-corrected chi connectivity index (χ1v) is 5.28. The summed E-state index contributed by atoms with van der Waals surface area (Å²) in [4.78, 5) is 10.7. The van der Waals surface area contributed by atoms with E-state index >= 15 is 0 Å². The van der Waals surface area contributed by atoms with Crippen molar-refractivity contribution in [3.05, 3.63) is 35.4 Å². The van der Waals surface area contributed by atoms with Crippen LogP contribution in [0.15, 0.2) is 24.3 Å². The Balaban J connectivity index is 1.88. The summed E-state index contributed by atoms with van der Waals surface area (Å²) in [6.45, 7) is 1.81. The van der Waals surface area contributed by atoms with Crippen molar-refractivity contribution in [1.29, 1.82) is 0 Å². The molecule has 1 aromatic rings. The Bertz CT molecular complexity index is 358. The molecule has 0 aromatic heterocycles. The second-order valence-electron chi connectivity index (χ2n) is 4.08. The molecule has 15 heavy (non-hydrogen) atoms. The van der Waals surface area contributed by atoms with Crippen molar-refractivity contribution in [2.45, 2.75) is 19.4 Å². The van der Waals surface area contributed by atoms with Gasteiger partial charge >= 0.3 is 5.97 Å². The zero-order chi connectivity index (χ0) is 10.7. The van der Waals surface area contributed by atoms with Crippen LogP contribution in [0.2, 0.25) is 0 Å². The van der Waals surface area contributed by atoms with Crippen LogP contribution in [-0.4, -0.2) is 17.6 Å². The Hall–Kier alpha value is -1.35. The number of hydrogen-bond acceptors (Lipinski definition) is 2. The van der Waals surface area contributed by atoms with E-state index in [4.69, 9.17) is 5.11 Å². The summed E-state index contributed by atoms with van der Waals surface area (Å²) in [5, 5.41) is 12.1. The van der Waals surface area contributed by atoms with E-state index in [9.17, 15) is 4.79 Å². The van der Waals surface area contributed by atoms with Gasteiger partial charge in [-0.2, -0.15) is 0 Å². The Morgan fingerprint density at radius 2 is 2.27 bits per heavy atom. The molecule has 3 heteroatoms. The van der Waals surface area contributed by atoms with Gasteiger partial charge in [-0.05, 0) is 43.0 Å². The van der Waals surface area contributed by atoms with Gasteiger partial charge < -0.3 is 10.4 Å². The molecule has 80 valence electrons. The lowest BCUT2D eigenvalue weighted by atomic mass is 10.1. The molecule has 2 rings (SSSR count). The Kier molecular flexibility index (Phi) is 3.02. The first kappa shape index (κ1) is 10.2. The summed E-state index contributed by atoms with van der Waals surface area (Å²) >= 11 is 0. The van der Waals surface area contributed by atoms with Crippen LogP contribution in [0, 0.1) is 5.92 Å². The molecule has 0 bridgehead atoms. The molecule has 0 amide bonds. The molecule has 3 nitrogen and oxygen atoms in total. The number of aromatic carboxylic acids is 1. The van der Waals surface area contributed by atoms with E-state index in [1.807, 2.05) is 6.07 Å². The van der Waals surface area contributed by atoms with Gasteiger partial charge in [0.25, 0.3) is 0 Å². The maximum absolute atomic E-state index is 10.7. The van der Waals surface area contributed by atoms with Crippen LogP contribution < -0.4 is 5.32 Å².